The Hall–Kier alpha value is -1.63. The van der Waals surface area contributed by atoms with Gasteiger partial charge in [0.15, 0.2) is 0 Å². The first-order valence-corrected chi connectivity index (χ1v) is 4.71. The van der Waals surface area contributed by atoms with Crippen molar-refractivity contribution in [2.75, 3.05) is 0 Å². The summed E-state index contributed by atoms with van der Waals surface area (Å²) in [4.78, 5) is 4.52. The van der Waals surface area contributed by atoms with Crippen LogP contribution in [0.25, 0.3) is 17.0 Å². The Morgan fingerprint density at radius 3 is 2.71 bits per heavy atom. The smallest absolute Gasteiger partial charge is 0.0705 e. The molecule has 0 aliphatic carbocycles. The van der Waals surface area contributed by atoms with Gasteiger partial charge < -0.3 is 0 Å². The van der Waals surface area contributed by atoms with Gasteiger partial charge in [-0.15, -0.1) is 0 Å². The van der Waals surface area contributed by atoms with E-state index in [4.69, 9.17) is 0 Å². The molecule has 0 aliphatic heterocycles. The number of hydrogen-bond acceptors (Lipinski definition) is 1. The predicted octanol–water partition coefficient (Wildman–Crippen LogP) is 3.49. The molecule has 70 valence electrons. The van der Waals surface area contributed by atoms with Gasteiger partial charge in [-0.1, -0.05) is 18.7 Å². The number of aromatic nitrogens is 1. The fourth-order valence-electron chi connectivity index (χ4n) is 1.52. The molecular formula is C13H13N. The van der Waals surface area contributed by atoms with Crippen molar-refractivity contribution in [2.24, 2.45) is 0 Å². The van der Waals surface area contributed by atoms with Gasteiger partial charge >= 0.3 is 0 Å². The summed E-state index contributed by atoms with van der Waals surface area (Å²) in [5.41, 5.74) is 4.53. The Kier molecular flexibility index (Phi) is 2.08. The summed E-state index contributed by atoms with van der Waals surface area (Å²) in [5, 5.41) is 1.19. The number of fused-ring (bicyclic) bond motifs is 1. The first kappa shape index (κ1) is 8.95. The molecule has 1 aromatic heterocycles. The van der Waals surface area contributed by atoms with Crippen LogP contribution in [0.2, 0.25) is 0 Å². The molecule has 0 radical (unpaired) electrons. The SMILES string of the molecule is C=Cc1ccc2nc(C)c(C)cc2c1. The van der Waals surface area contributed by atoms with E-state index in [1.807, 2.05) is 25.1 Å². The molecule has 1 heteroatoms. The summed E-state index contributed by atoms with van der Waals surface area (Å²) in [7, 11) is 0. The Labute approximate surface area is 84.1 Å². The van der Waals surface area contributed by atoms with E-state index < -0.39 is 0 Å². The number of hydrogen-bond donors (Lipinski definition) is 0. The summed E-state index contributed by atoms with van der Waals surface area (Å²) in [6, 6.07) is 8.36. The third-order valence-electron chi connectivity index (χ3n) is 2.52. The van der Waals surface area contributed by atoms with Gasteiger partial charge in [-0.05, 0) is 43.2 Å². The highest BCUT2D eigenvalue weighted by molar-refractivity contribution is 5.82. The molecule has 0 aliphatic rings. The van der Waals surface area contributed by atoms with Crippen LogP contribution in [-0.2, 0) is 0 Å². The van der Waals surface area contributed by atoms with E-state index >= 15 is 0 Å². The van der Waals surface area contributed by atoms with Crippen molar-refractivity contribution < 1.29 is 0 Å². The highest BCUT2D eigenvalue weighted by atomic mass is 14.7. The molecule has 0 N–H and O–H groups in total. The summed E-state index contributed by atoms with van der Waals surface area (Å²) < 4.78 is 0. The summed E-state index contributed by atoms with van der Waals surface area (Å²) in [6.45, 7) is 7.88. The first-order chi connectivity index (χ1) is 6.70. The van der Waals surface area contributed by atoms with Crippen LogP contribution in [-0.4, -0.2) is 4.98 Å². The fourth-order valence-corrected chi connectivity index (χ4v) is 1.52. The predicted molar refractivity (Wildman–Crippen MR) is 61.3 cm³/mol. The van der Waals surface area contributed by atoms with Crippen LogP contribution >= 0.6 is 0 Å². The number of benzene rings is 1. The van der Waals surface area contributed by atoms with Gasteiger partial charge in [-0.2, -0.15) is 0 Å². The van der Waals surface area contributed by atoms with E-state index in [0.29, 0.717) is 0 Å². The Morgan fingerprint density at radius 2 is 2.00 bits per heavy atom. The standard InChI is InChI=1S/C13H13N/c1-4-11-5-6-13-12(8-11)7-9(2)10(3)14-13/h4-8H,1H2,2-3H3. The normalized spacial score (nSPS) is 10.4. The molecule has 0 unspecified atom stereocenters. The van der Waals surface area contributed by atoms with Gasteiger partial charge in [-0.3, -0.25) is 4.98 Å². The average Bonchev–Trinajstić information content (AvgIpc) is 2.19. The molecule has 14 heavy (non-hydrogen) atoms. The highest BCUT2D eigenvalue weighted by Gasteiger charge is 1.99. The van der Waals surface area contributed by atoms with Crippen molar-refractivity contribution in [3.05, 3.63) is 47.7 Å². The second-order valence-corrected chi connectivity index (χ2v) is 3.55. The van der Waals surface area contributed by atoms with Gasteiger partial charge in [0.05, 0.1) is 5.52 Å². The van der Waals surface area contributed by atoms with E-state index in [1.54, 1.807) is 0 Å². The molecule has 0 amide bonds. The van der Waals surface area contributed by atoms with Crippen molar-refractivity contribution in [1.82, 2.24) is 4.98 Å². The molecule has 0 saturated carbocycles. The molecule has 0 bridgehead atoms. The number of pyridine rings is 1. The van der Waals surface area contributed by atoms with Crippen molar-refractivity contribution >= 4 is 17.0 Å². The Bertz CT molecular complexity index is 498. The van der Waals surface area contributed by atoms with Gasteiger partial charge in [0, 0.05) is 11.1 Å². The Balaban J connectivity index is 2.76. The van der Waals surface area contributed by atoms with Crippen molar-refractivity contribution in [2.45, 2.75) is 13.8 Å². The molecule has 2 aromatic rings. The molecular weight excluding hydrogens is 170 g/mol. The second kappa shape index (κ2) is 3.26. The van der Waals surface area contributed by atoms with Crippen LogP contribution in [0.15, 0.2) is 30.8 Å². The topological polar surface area (TPSA) is 12.9 Å². The molecule has 1 aromatic carbocycles. The second-order valence-electron chi connectivity index (χ2n) is 3.55. The third-order valence-corrected chi connectivity index (χ3v) is 2.52. The molecule has 0 fully saturated rings. The lowest BCUT2D eigenvalue weighted by atomic mass is 10.1. The maximum absolute atomic E-state index is 4.52. The molecule has 0 spiro atoms. The van der Waals surface area contributed by atoms with Crippen LogP contribution in [0.1, 0.15) is 16.8 Å². The number of rotatable bonds is 1. The molecule has 1 heterocycles. The van der Waals surface area contributed by atoms with Crippen LogP contribution < -0.4 is 0 Å². The molecule has 1 nitrogen and oxygen atoms in total. The van der Waals surface area contributed by atoms with Gasteiger partial charge in [0.2, 0.25) is 0 Å². The number of aryl methyl sites for hydroxylation is 2. The maximum Gasteiger partial charge on any atom is 0.0705 e. The van der Waals surface area contributed by atoms with E-state index in [9.17, 15) is 0 Å². The zero-order valence-corrected chi connectivity index (χ0v) is 8.54. The lowest BCUT2D eigenvalue weighted by Gasteiger charge is -2.03. The number of nitrogens with zero attached hydrogens (tertiary/aromatic N) is 1. The minimum Gasteiger partial charge on any atom is -0.253 e. The minimum absolute atomic E-state index is 1.05. The van der Waals surface area contributed by atoms with Crippen molar-refractivity contribution in [3.63, 3.8) is 0 Å². The summed E-state index contributed by atoms with van der Waals surface area (Å²) >= 11 is 0. The zero-order chi connectivity index (χ0) is 10.1. The maximum atomic E-state index is 4.52. The molecule has 2 rings (SSSR count). The van der Waals surface area contributed by atoms with E-state index in [0.717, 1.165) is 16.8 Å². The minimum atomic E-state index is 1.05. The van der Waals surface area contributed by atoms with E-state index in [2.05, 4.69) is 30.6 Å². The lowest BCUT2D eigenvalue weighted by Crippen LogP contribution is -1.88. The van der Waals surface area contributed by atoms with Crippen molar-refractivity contribution in [3.8, 4) is 0 Å². The van der Waals surface area contributed by atoms with E-state index in [1.165, 1.54) is 10.9 Å². The summed E-state index contributed by atoms with van der Waals surface area (Å²) in [6.07, 6.45) is 1.86. The Morgan fingerprint density at radius 1 is 1.21 bits per heavy atom. The highest BCUT2D eigenvalue weighted by Crippen LogP contribution is 2.17. The first-order valence-electron chi connectivity index (χ1n) is 4.71. The van der Waals surface area contributed by atoms with Crippen molar-refractivity contribution in [1.29, 1.82) is 0 Å². The third kappa shape index (κ3) is 1.41. The molecule has 0 atom stereocenters. The van der Waals surface area contributed by atoms with Crippen LogP contribution in [0, 0.1) is 13.8 Å². The average molecular weight is 183 g/mol. The molecule has 0 saturated heterocycles. The van der Waals surface area contributed by atoms with Crippen LogP contribution in [0.3, 0.4) is 0 Å². The van der Waals surface area contributed by atoms with Gasteiger partial charge in [-0.25, -0.2) is 0 Å². The monoisotopic (exact) mass is 183 g/mol. The summed E-state index contributed by atoms with van der Waals surface area (Å²) in [5.74, 6) is 0. The lowest BCUT2D eigenvalue weighted by molar-refractivity contribution is 1.20. The zero-order valence-electron chi connectivity index (χ0n) is 8.54. The van der Waals surface area contributed by atoms with Gasteiger partial charge in [0.25, 0.3) is 0 Å². The quantitative estimate of drug-likeness (QED) is 0.659. The van der Waals surface area contributed by atoms with E-state index in [-0.39, 0.29) is 0 Å². The van der Waals surface area contributed by atoms with Gasteiger partial charge in [0.1, 0.15) is 0 Å². The largest absolute Gasteiger partial charge is 0.253 e. The van der Waals surface area contributed by atoms with Crippen LogP contribution in [0.5, 0.6) is 0 Å². The fraction of sp³-hybridized carbons (Fsp3) is 0.154. The van der Waals surface area contributed by atoms with Crippen LogP contribution in [0.4, 0.5) is 0 Å².